The quantitative estimate of drug-likeness (QED) is 0.0859. The molecule has 0 radical (unpaired) electrons. The molecule has 18 heteroatoms. The summed E-state index contributed by atoms with van der Waals surface area (Å²) < 4.78 is 3.27. The van der Waals surface area contributed by atoms with Crippen molar-refractivity contribution in [2.45, 2.75) is 21.5 Å². The van der Waals surface area contributed by atoms with Crippen LogP contribution >= 0.6 is 58.5 Å². The minimum absolute atomic E-state index is 0.0166. The number of halogens is 2. The lowest BCUT2D eigenvalue weighted by Gasteiger charge is -2.49. The van der Waals surface area contributed by atoms with Crippen LogP contribution in [0.25, 0.3) is 5.65 Å². The molecule has 0 unspecified atom stereocenters. The smallest absolute Gasteiger partial charge is 0.352 e. The van der Waals surface area contributed by atoms with Gasteiger partial charge in [-0.2, -0.15) is 0 Å². The normalized spacial score (nSPS) is 18.6. The molecule has 1 fully saturated rings. The standard InChI is InChI=1S/C23H21Cl2N9O4S3/c1-32-16-7-14(26)29-23(34(16)31-22(32)27)39-4-2-3-10-8-41-20-17(19(36)33(20)18(10)21(37)38)30-15(35)9-40-11-5-12(24)28-13(25)6-11/h2-3,5-7,17,20,26H,4,8-9H2,1H3,(H4,27,30,31,35,37,38)/p+1/t17-,20-/m1/s1. The minimum atomic E-state index is -1.22. The summed E-state index contributed by atoms with van der Waals surface area (Å²) in [6.07, 6.45) is 3.47. The molecule has 41 heavy (non-hydrogen) atoms. The molecule has 0 bridgehead atoms. The summed E-state index contributed by atoms with van der Waals surface area (Å²) in [6.45, 7) is 0. The van der Waals surface area contributed by atoms with E-state index in [9.17, 15) is 19.5 Å². The Balaban J connectivity index is 1.22. The van der Waals surface area contributed by atoms with Gasteiger partial charge in [0.05, 0.1) is 18.9 Å². The number of nitrogen functional groups attached to an aromatic ring is 2. The highest BCUT2D eigenvalue weighted by atomic mass is 35.5. The molecule has 13 nitrogen and oxygen atoms in total. The van der Waals surface area contributed by atoms with E-state index in [1.807, 2.05) is 0 Å². The molecule has 0 aliphatic carbocycles. The van der Waals surface area contributed by atoms with Crippen molar-refractivity contribution in [3.8, 4) is 0 Å². The Hall–Kier alpha value is -3.18. The van der Waals surface area contributed by atoms with E-state index in [1.54, 1.807) is 46.5 Å². The van der Waals surface area contributed by atoms with Crippen LogP contribution in [0.1, 0.15) is 0 Å². The van der Waals surface area contributed by atoms with E-state index in [0.29, 0.717) is 44.5 Å². The summed E-state index contributed by atoms with van der Waals surface area (Å²) in [7, 11) is 1.76. The fourth-order valence-electron chi connectivity index (χ4n) is 4.17. The number of nitrogens with one attached hydrogen (secondary N) is 1. The van der Waals surface area contributed by atoms with Gasteiger partial charge < -0.3 is 21.9 Å². The zero-order chi connectivity index (χ0) is 29.4. The molecule has 1 saturated heterocycles. The molecule has 3 aromatic heterocycles. The number of aromatic nitrogens is 5. The van der Waals surface area contributed by atoms with Crippen LogP contribution in [-0.4, -0.2) is 76.1 Å². The van der Waals surface area contributed by atoms with Gasteiger partial charge in [0, 0.05) is 16.4 Å². The summed E-state index contributed by atoms with van der Waals surface area (Å²) in [5.74, 6) is -0.675. The second-order valence-corrected chi connectivity index (χ2v) is 12.7. The van der Waals surface area contributed by atoms with Crippen molar-refractivity contribution in [1.29, 1.82) is 0 Å². The van der Waals surface area contributed by atoms with Crippen LogP contribution in [0.4, 0.5) is 11.8 Å². The molecular weight excluding hydrogens is 633 g/mol. The van der Waals surface area contributed by atoms with Crippen LogP contribution in [0, 0.1) is 0 Å². The van der Waals surface area contributed by atoms with E-state index in [1.165, 1.54) is 40.2 Å². The number of β-lactam (4-membered cyclic amide) rings is 1. The van der Waals surface area contributed by atoms with Crippen LogP contribution in [0.15, 0.2) is 51.7 Å². The van der Waals surface area contributed by atoms with Crippen LogP contribution < -0.4 is 21.3 Å². The molecule has 3 aromatic rings. The lowest BCUT2D eigenvalue weighted by Crippen LogP contribution is -2.70. The van der Waals surface area contributed by atoms with Crippen LogP contribution in [0.2, 0.25) is 10.3 Å². The third-order valence-electron chi connectivity index (χ3n) is 6.04. The highest BCUT2D eigenvalue weighted by Crippen LogP contribution is 2.40. The van der Waals surface area contributed by atoms with E-state index in [-0.39, 0.29) is 27.7 Å². The summed E-state index contributed by atoms with van der Waals surface area (Å²) in [6, 6.07) is 3.99. The predicted molar refractivity (Wildman–Crippen MR) is 158 cm³/mol. The number of carboxylic acid groups (broad SMARTS) is 1. The highest BCUT2D eigenvalue weighted by molar-refractivity contribution is 8.00. The van der Waals surface area contributed by atoms with E-state index >= 15 is 0 Å². The Kier molecular flexibility index (Phi) is 8.56. The lowest BCUT2D eigenvalue weighted by atomic mass is 10.0. The molecule has 2 aliphatic heterocycles. The summed E-state index contributed by atoms with van der Waals surface area (Å²) in [5.41, 5.74) is 12.9. The molecule has 6 N–H and O–H groups in total. The molecule has 5 heterocycles. The molecule has 2 atom stereocenters. The van der Waals surface area contributed by atoms with Gasteiger partial charge in [-0.05, 0) is 34.6 Å². The van der Waals surface area contributed by atoms with Gasteiger partial charge in [0.2, 0.25) is 11.7 Å². The van der Waals surface area contributed by atoms with E-state index < -0.39 is 23.3 Å². The average Bonchev–Trinajstić information content (AvgIpc) is 3.20. The monoisotopic (exact) mass is 654 g/mol. The van der Waals surface area contributed by atoms with Gasteiger partial charge in [-0.25, -0.2) is 14.3 Å². The maximum Gasteiger partial charge on any atom is 0.352 e. The maximum absolute atomic E-state index is 12.9. The van der Waals surface area contributed by atoms with Crippen molar-refractivity contribution in [2.24, 2.45) is 7.05 Å². The van der Waals surface area contributed by atoms with Crippen LogP contribution in [0.5, 0.6) is 0 Å². The molecule has 0 spiro atoms. The fourth-order valence-corrected chi connectivity index (χ4v) is 7.62. The number of anilines is 2. The molecule has 2 aliphatic rings. The van der Waals surface area contributed by atoms with Gasteiger partial charge in [-0.15, -0.1) is 23.5 Å². The molecule has 0 aromatic carbocycles. The summed E-state index contributed by atoms with van der Waals surface area (Å²) in [4.78, 5) is 47.7. The number of hydrogen-bond acceptors (Lipinski definition) is 11. The largest absolute Gasteiger partial charge is 0.477 e. The van der Waals surface area contributed by atoms with Crippen LogP contribution in [0.3, 0.4) is 0 Å². The number of nitrogens with two attached hydrogens (primary N) is 2. The molecule has 0 saturated carbocycles. The summed E-state index contributed by atoms with van der Waals surface area (Å²) >= 11 is 15.7. The van der Waals surface area contributed by atoms with E-state index in [0.717, 1.165) is 0 Å². The van der Waals surface area contributed by atoms with Crippen LogP contribution in [-0.2, 0) is 21.4 Å². The van der Waals surface area contributed by atoms with Crippen molar-refractivity contribution in [3.63, 3.8) is 0 Å². The number of allylic oxidation sites excluding steroid dienone is 1. The Bertz CT molecular complexity index is 1630. The van der Waals surface area contributed by atoms with Gasteiger partial charge in [0.25, 0.3) is 17.5 Å². The van der Waals surface area contributed by atoms with Crippen molar-refractivity contribution in [3.05, 3.63) is 51.9 Å². The lowest BCUT2D eigenvalue weighted by molar-refractivity contribution is -0.621. The molecular formula is C23H22Cl2N9O4S3+. The summed E-state index contributed by atoms with van der Waals surface area (Å²) in [5, 5.41) is 17.3. The third-order valence-corrected chi connectivity index (χ3v) is 9.59. The number of nitrogens with zero attached hydrogens (tertiary/aromatic N) is 6. The Morgan fingerprint density at radius 2 is 1.98 bits per heavy atom. The number of hydrogen-bond donors (Lipinski definition) is 4. The number of carbonyl (C=O) groups is 3. The topological polar surface area (TPSA) is 186 Å². The van der Waals surface area contributed by atoms with Crippen molar-refractivity contribution in [2.75, 3.05) is 28.7 Å². The number of carbonyl (C=O) groups excluding carboxylic acids is 2. The minimum Gasteiger partial charge on any atom is -0.477 e. The molecule has 5 rings (SSSR count). The van der Waals surface area contributed by atoms with Gasteiger partial charge in [-0.3, -0.25) is 14.5 Å². The number of amides is 2. The van der Waals surface area contributed by atoms with Gasteiger partial charge in [-0.1, -0.05) is 44.9 Å². The number of fused-ring (bicyclic) bond motifs is 2. The number of aliphatic carboxylic acids is 1. The average molecular weight is 656 g/mol. The number of aryl methyl sites for hydroxylation is 1. The SMILES string of the molecule is Cn1c(N)n[n+]2c(SCC=CC3=C(C(=O)O)N4C(=O)[C@@H](NC(=O)CSc5cc(Cl)nc(Cl)c5)[C@H]4SC3)nc(N)cc12. The second-order valence-electron chi connectivity index (χ2n) is 8.74. The number of rotatable bonds is 9. The number of thioether (sulfide) groups is 3. The first-order valence-electron chi connectivity index (χ1n) is 11.8. The zero-order valence-electron chi connectivity index (χ0n) is 21.2. The Labute approximate surface area is 255 Å². The van der Waals surface area contributed by atoms with Gasteiger partial charge in [0.15, 0.2) is 0 Å². The first-order valence-corrected chi connectivity index (χ1v) is 15.6. The Morgan fingerprint density at radius 3 is 2.68 bits per heavy atom. The predicted octanol–water partition coefficient (Wildman–Crippen LogP) is 1.60. The van der Waals surface area contributed by atoms with Crippen molar-refractivity contribution < 1.29 is 24.0 Å². The highest BCUT2D eigenvalue weighted by Gasteiger charge is 2.53. The van der Waals surface area contributed by atoms with E-state index in [2.05, 4.69) is 20.4 Å². The zero-order valence-corrected chi connectivity index (χ0v) is 25.1. The Morgan fingerprint density at radius 1 is 1.24 bits per heavy atom. The molecule has 2 amide bonds. The van der Waals surface area contributed by atoms with E-state index in [4.69, 9.17) is 34.7 Å². The molecule has 214 valence electrons. The third kappa shape index (κ3) is 6.06. The fraction of sp³-hybridized carbons (Fsp3) is 0.261. The van der Waals surface area contributed by atoms with Gasteiger partial charge >= 0.3 is 11.1 Å². The van der Waals surface area contributed by atoms with Gasteiger partial charge in [0.1, 0.15) is 27.4 Å². The second kappa shape index (κ2) is 12.0. The van der Waals surface area contributed by atoms with Crippen molar-refractivity contribution >= 4 is 93.7 Å². The first-order chi connectivity index (χ1) is 19.5. The van der Waals surface area contributed by atoms with Crippen molar-refractivity contribution in [1.82, 2.24) is 29.9 Å². The number of pyridine rings is 1. The first kappa shape index (κ1) is 29.3. The number of carboxylic acids is 1. The maximum atomic E-state index is 12.9.